The van der Waals surface area contributed by atoms with Gasteiger partial charge in [0.1, 0.15) is 5.75 Å². The molecule has 0 atom stereocenters. The normalized spacial score (nSPS) is 13.8. The summed E-state index contributed by atoms with van der Waals surface area (Å²) < 4.78 is 5.53. The number of hydrogen-bond donors (Lipinski definition) is 3. The minimum absolute atomic E-state index is 0.0475. The highest BCUT2D eigenvalue weighted by atomic mass is 32.1. The first kappa shape index (κ1) is 20.2. The van der Waals surface area contributed by atoms with E-state index in [0.717, 1.165) is 44.7 Å². The molecule has 1 fully saturated rings. The van der Waals surface area contributed by atoms with Gasteiger partial charge in [-0.15, -0.1) is 11.3 Å². The zero-order chi connectivity index (χ0) is 19.6. The van der Waals surface area contributed by atoms with Crippen molar-refractivity contribution in [3.8, 4) is 5.75 Å². The van der Waals surface area contributed by atoms with E-state index in [9.17, 15) is 4.79 Å². The Morgan fingerprint density at radius 2 is 1.89 bits per heavy atom. The summed E-state index contributed by atoms with van der Waals surface area (Å²) in [6, 6.07) is 12.5. The summed E-state index contributed by atoms with van der Waals surface area (Å²) in [7, 11) is 1.78. The van der Waals surface area contributed by atoms with Crippen LogP contribution in [0.15, 0.2) is 46.8 Å². The van der Waals surface area contributed by atoms with Crippen molar-refractivity contribution in [3.05, 3.63) is 52.2 Å². The zero-order valence-electron chi connectivity index (χ0n) is 16.2. The molecule has 1 saturated carbocycles. The Labute approximate surface area is 170 Å². The minimum atomic E-state index is -0.0475. The summed E-state index contributed by atoms with van der Waals surface area (Å²) in [5, 5.41) is 11.7. The van der Waals surface area contributed by atoms with Crippen LogP contribution in [0.25, 0.3) is 0 Å². The van der Waals surface area contributed by atoms with E-state index in [-0.39, 0.29) is 12.5 Å². The van der Waals surface area contributed by atoms with E-state index in [0.29, 0.717) is 11.8 Å². The van der Waals surface area contributed by atoms with Gasteiger partial charge in [-0.2, -0.15) is 0 Å². The average Bonchev–Trinajstić information content (AvgIpc) is 3.37. The molecule has 6 nitrogen and oxygen atoms in total. The number of amides is 1. The summed E-state index contributed by atoms with van der Waals surface area (Å²) in [6.45, 7) is 1.73. The van der Waals surface area contributed by atoms with Crippen LogP contribution < -0.4 is 20.7 Å². The molecule has 0 saturated heterocycles. The molecule has 1 amide bonds. The number of carbonyl (C=O) groups excluding carboxylic acids is 1. The van der Waals surface area contributed by atoms with E-state index in [1.807, 2.05) is 24.3 Å². The molecule has 7 heteroatoms. The van der Waals surface area contributed by atoms with Crippen molar-refractivity contribution in [1.82, 2.24) is 16.0 Å². The van der Waals surface area contributed by atoms with Gasteiger partial charge >= 0.3 is 0 Å². The highest BCUT2D eigenvalue weighted by Gasteiger charge is 2.23. The van der Waals surface area contributed by atoms with Gasteiger partial charge in [0.15, 0.2) is 12.6 Å². The monoisotopic (exact) mass is 400 g/mol. The van der Waals surface area contributed by atoms with E-state index in [4.69, 9.17) is 4.74 Å². The highest BCUT2D eigenvalue weighted by Crippen LogP contribution is 2.18. The number of carbonyl (C=O) groups is 1. The van der Waals surface area contributed by atoms with Crippen LogP contribution in [0.3, 0.4) is 0 Å². The molecule has 0 aliphatic heterocycles. The Kier molecular flexibility index (Phi) is 7.72. The van der Waals surface area contributed by atoms with E-state index >= 15 is 0 Å². The standard InChI is InChI=1S/C21H28N4O2S/c1-22-21(24-13-11-19-3-2-14-28-19)23-12-10-16-4-8-18(9-5-16)27-15-20(26)25-17-6-7-17/h2-5,8-9,14,17H,6-7,10-13,15H2,1H3,(H,25,26)(H2,22,23,24). The van der Waals surface area contributed by atoms with Gasteiger partial charge in [-0.05, 0) is 54.8 Å². The second-order valence-electron chi connectivity index (χ2n) is 6.78. The van der Waals surface area contributed by atoms with Gasteiger partial charge in [0.05, 0.1) is 0 Å². The van der Waals surface area contributed by atoms with Crippen molar-refractivity contribution in [3.63, 3.8) is 0 Å². The van der Waals surface area contributed by atoms with Crippen LogP contribution in [0.2, 0.25) is 0 Å². The number of aliphatic imine (C=N–C) groups is 1. The maximum absolute atomic E-state index is 11.6. The molecule has 1 aromatic carbocycles. The predicted molar refractivity (Wildman–Crippen MR) is 114 cm³/mol. The molecule has 3 rings (SSSR count). The zero-order valence-corrected chi connectivity index (χ0v) is 17.1. The largest absolute Gasteiger partial charge is 0.484 e. The third-order valence-electron chi connectivity index (χ3n) is 4.41. The number of ether oxygens (including phenoxy) is 1. The molecule has 0 bridgehead atoms. The topological polar surface area (TPSA) is 74.8 Å². The summed E-state index contributed by atoms with van der Waals surface area (Å²) in [5.74, 6) is 1.49. The Hall–Kier alpha value is -2.54. The summed E-state index contributed by atoms with van der Waals surface area (Å²) in [4.78, 5) is 17.3. The maximum Gasteiger partial charge on any atom is 0.258 e. The summed E-state index contributed by atoms with van der Waals surface area (Å²) >= 11 is 1.78. The van der Waals surface area contributed by atoms with Gasteiger partial charge < -0.3 is 20.7 Å². The number of guanidine groups is 1. The number of nitrogens with one attached hydrogen (secondary N) is 3. The second-order valence-corrected chi connectivity index (χ2v) is 7.81. The molecule has 1 aromatic heterocycles. The van der Waals surface area contributed by atoms with E-state index in [2.05, 4.69) is 38.5 Å². The Morgan fingerprint density at radius 3 is 2.54 bits per heavy atom. The number of rotatable bonds is 10. The molecule has 150 valence electrons. The van der Waals surface area contributed by atoms with Crippen molar-refractivity contribution in [2.75, 3.05) is 26.7 Å². The summed E-state index contributed by atoms with van der Waals surface area (Å²) in [5.41, 5.74) is 1.20. The van der Waals surface area contributed by atoms with Crippen molar-refractivity contribution in [2.24, 2.45) is 4.99 Å². The molecular formula is C21H28N4O2S. The van der Waals surface area contributed by atoms with Gasteiger partial charge in [0, 0.05) is 31.1 Å². The van der Waals surface area contributed by atoms with E-state index < -0.39 is 0 Å². The summed E-state index contributed by atoms with van der Waals surface area (Å²) in [6.07, 6.45) is 4.05. The van der Waals surface area contributed by atoms with Crippen molar-refractivity contribution >= 4 is 23.2 Å². The van der Waals surface area contributed by atoms with Gasteiger partial charge in [0.25, 0.3) is 5.91 Å². The molecule has 0 radical (unpaired) electrons. The van der Waals surface area contributed by atoms with Crippen molar-refractivity contribution < 1.29 is 9.53 Å². The SMILES string of the molecule is CN=C(NCCc1ccc(OCC(=O)NC2CC2)cc1)NCCc1cccs1. The lowest BCUT2D eigenvalue weighted by Gasteiger charge is -2.12. The first-order valence-electron chi connectivity index (χ1n) is 9.71. The molecule has 3 N–H and O–H groups in total. The van der Waals surface area contributed by atoms with Crippen LogP contribution in [0.1, 0.15) is 23.3 Å². The number of benzene rings is 1. The van der Waals surface area contributed by atoms with Gasteiger partial charge in [0.2, 0.25) is 0 Å². The van der Waals surface area contributed by atoms with Crippen molar-refractivity contribution in [1.29, 1.82) is 0 Å². The first-order valence-corrected chi connectivity index (χ1v) is 10.6. The molecular weight excluding hydrogens is 372 g/mol. The Bertz CT molecular complexity index is 755. The molecule has 1 heterocycles. The van der Waals surface area contributed by atoms with Crippen molar-refractivity contribution in [2.45, 2.75) is 31.7 Å². The fourth-order valence-electron chi connectivity index (χ4n) is 2.70. The van der Waals surface area contributed by atoms with Gasteiger partial charge in [-0.3, -0.25) is 9.79 Å². The number of nitrogens with zero attached hydrogens (tertiary/aromatic N) is 1. The van der Waals surface area contributed by atoms with Crippen LogP contribution >= 0.6 is 11.3 Å². The van der Waals surface area contributed by atoms with Crippen LogP contribution in [-0.2, 0) is 17.6 Å². The van der Waals surface area contributed by atoms with Crippen LogP contribution in [0.4, 0.5) is 0 Å². The predicted octanol–water partition coefficient (Wildman–Crippen LogP) is 2.36. The second kappa shape index (κ2) is 10.7. The molecule has 1 aliphatic carbocycles. The molecule has 2 aromatic rings. The fourth-order valence-corrected chi connectivity index (χ4v) is 3.41. The molecule has 0 unspecified atom stereocenters. The smallest absolute Gasteiger partial charge is 0.258 e. The van der Waals surface area contributed by atoms with E-state index in [1.54, 1.807) is 18.4 Å². The van der Waals surface area contributed by atoms with Gasteiger partial charge in [-0.25, -0.2) is 0 Å². The van der Waals surface area contributed by atoms with Crippen LogP contribution in [0, 0.1) is 0 Å². The molecule has 1 aliphatic rings. The quantitative estimate of drug-likeness (QED) is 0.423. The lowest BCUT2D eigenvalue weighted by atomic mass is 10.1. The first-order chi connectivity index (χ1) is 13.7. The Morgan fingerprint density at radius 1 is 1.14 bits per heavy atom. The highest BCUT2D eigenvalue weighted by molar-refractivity contribution is 7.09. The third kappa shape index (κ3) is 7.23. The lowest BCUT2D eigenvalue weighted by molar-refractivity contribution is -0.123. The number of thiophene rings is 1. The minimum Gasteiger partial charge on any atom is -0.484 e. The fraction of sp³-hybridized carbons (Fsp3) is 0.429. The molecule has 28 heavy (non-hydrogen) atoms. The Balaban J connectivity index is 1.31. The van der Waals surface area contributed by atoms with Crippen LogP contribution in [-0.4, -0.2) is 44.7 Å². The van der Waals surface area contributed by atoms with Crippen LogP contribution in [0.5, 0.6) is 5.75 Å². The number of hydrogen-bond acceptors (Lipinski definition) is 4. The third-order valence-corrected chi connectivity index (χ3v) is 5.35. The maximum atomic E-state index is 11.6. The lowest BCUT2D eigenvalue weighted by Crippen LogP contribution is -2.39. The van der Waals surface area contributed by atoms with Gasteiger partial charge in [-0.1, -0.05) is 18.2 Å². The molecule has 0 spiro atoms. The average molecular weight is 401 g/mol. The van der Waals surface area contributed by atoms with E-state index in [1.165, 1.54) is 10.4 Å².